The van der Waals surface area contributed by atoms with Crippen LogP contribution >= 0.6 is 0 Å². The molecule has 0 radical (unpaired) electrons. The number of methoxy groups -OCH3 is 2. The summed E-state index contributed by atoms with van der Waals surface area (Å²) in [5.74, 6) is 2.96. The topological polar surface area (TPSA) is 55.4 Å². The van der Waals surface area contributed by atoms with E-state index in [0.717, 1.165) is 11.5 Å². The molecule has 6 nitrogen and oxygen atoms in total. The Bertz CT molecular complexity index is 534. The molecule has 0 N–H and O–H groups in total. The van der Waals surface area contributed by atoms with Gasteiger partial charge >= 0.3 is 7.69 Å². The summed E-state index contributed by atoms with van der Waals surface area (Å²) in [5.41, 5.74) is 0. The molecule has 7 heteroatoms. The lowest BCUT2D eigenvalue weighted by Crippen LogP contribution is -2.11. The van der Waals surface area contributed by atoms with Crippen molar-refractivity contribution in [2.75, 3.05) is 40.6 Å². The largest absolute Gasteiger partial charge is 0.576 e. The van der Waals surface area contributed by atoms with Crippen LogP contribution < -0.4 is 18.8 Å². The lowest BCUT2D eigenvalue weighted by atomic mass is 10.3. The summed E-state index contributed by atoms with van der Waals surface area (Å²) in [7, 11) is 3.40. The lowest BCUT2D eigenvalue weighted by Gasteiger charge is -2.10. The van der Waals surface area contributed by atoms with Gasteiger partial charge in [0.15, 0.2) is 0 Å². The molecule has 0 aliphatic rings. The first kappa shape index (κ1) is 19.0. The molecular formula is C18H23BO6. The van der Waals surface area contributed by atoms with E-state index in [9.17, 15) is 0 Å². The van der Waals surface area contributed by atoms with Crippen molar-refractivity contribution in [2.24, 2.45) is 0 Å². The molecule has 0 spiro atoms. The number of ether oxygens (including phenoxy) is 4. The van der Waals surface area contributed by atoms with Crippen molar-refractivity contribution in [3.05, 3.63) is 48.5 Å². The van der Waals surface area contributed by atoms with Crippen LogP contribution in [0.4, 0.5) is 0 Å². The standard InChI is InChI=1S/C18H23BO6/c1-20-11-13-22-15-3-7-17(8-4-15)24-19-25-18-9-5-16(6-10-18)23-14-12-21-2/h3-10,19H,11-14H2,1-2H3. The highest BCUT2D eigenvalue weighted by molar-refractivity contribution is 6.20. The predicted molar refractivity (Wildman–Crippen MR) is 96.0 cm³/mol. The van der Waals surface area contributed by atoms with Crippen molar-refractivity contribution in [1.82, 2.24) is 0 Å². The first-order valence-electron chi connectivity index (χ1n) is 8.01. The zero-order chi connectivity index (χ0) is 17.7. The van der Waals surface area contributed by atoms with E-state index in [1.54, 1.807) is 14.2 Å². The van der Waals surface area contributed by atoms with Gasteiger partial charge in [0.05, 0.1) is 13.2 Å². The molecule has 0 aliphatic heterocycles. The van der Waals surface area contributed by atoms with Crippen LogP contribution in [0.3, 0.4) is 0 Å². The second-order valence-corrected chi connectivity index (χ2v) is 5.03. The first-order chi connectivity index (χ1) is 12.3. The van der Waals surface area contributed by atoms with Crippen LogP contribution in [0.5, 0.6) is 23.0 Å². The molecule has 25 heavy (non-hydrogen) atoms. The second-order valence-electron chi connectivity index (χ2n) is 5.03. The summed E-state index contributed by atoms with van der Waals surface area (Å²) < 4.78 is 31.9. The summed E-state index contributed by atoms with van der Waals surface area (Å²) in [6, 6.07) is 14.7. The van der Waals surface area contributed by atoms with Crippen LogP contribution in [-0.2, 0) is 9.47 Å². The van der Waals surface area contributed by atoms with Gasteiger partial charge in [-0.1, -0.05) is 0 Å². The number of rotatable bonds is 12. The Labute approximate surface area is 148 Å². The maximum absolute atomic E-state index is 5.55. The highest BCUT2D eigenvalue weighted by Gasteiger charge is 2.02. The monoisotopic (exact) mass is 346 g/mol. The summed E-state index contributed by atoms with van der Waals surface area (Å²) in [4.78, 5) is 0. The summed E-state index contributed by atoms with van der Waals surface area (Å²) in [6.45, 7) is 2.15. The quantitative estimate of drug-likeness (QED) is 0.435. The third-order valence-electron chi connectivity index (χ3n) is 3.21. The third kappa shape index (κ3) is 7.37. The minimum Gasteiger partial charge on any atom is -0.529 e. The molecule has 0 atom stereocenters. The summed E-state index contributed by atoms with van der Waals surface area (Å²) >= 11 is 0. The normalized spacial score (nSPS) is 10.2. The van der Waals surface area contributed by atoms with Crippen LogP contribution in [0.15, 0.2) is 48.5 Å². The van der Waals surface area contributed by atoms with E-state index in [1.165, 1.54) is 0 Å². The summed E-state index contributed by atoms with van der Waals surface area (Å²) in [5, 5.41) is 0. The molecule has 2 rings (SSSR count). The maximum Gasteiger partial charge on any atom is 0.576 e. The van der Waals surface area contributed by atoms with Gasteiger partial charge in [0.25, 0.3) is 0 Å². The fourth-order valence-electron chi connectivity index (χ4n) is 1.92. The van der Waals surface area contributed by atoms with Crippen LogP contribution in [0.2, 0.25) is 0 Å². The van der Waals surface area contributed by atoms with Crippen molar-refractivity contribution in [2.45, 2.75) is 0 Å². The van der Waals surface area contributed by atoms with Gasteiger partial charge in [-0.05, 0) is 48.5 Å². The molecule has 0 amide bonds. The Balaban J connectivity index is 1.69. The molecule has 0 aliphatic carbocycles. The Morgan fingerprint density at radius 1 is 0.560 bits per heavy atom. The Morgan fingerprint density at radius 2 is 0.920 bits per heavy atom. The van der Waals surface area contributed by atoms with E-state index in [2.05, 4.69) is 0 Å². The van der Waals surface area contributed by atoms with Crippen molar-refractivity contribution in [1.29, 1.82) is 0 Å². The van der Waals surface area contributed by atoms with Crippen molar-refractivity contribution < 1.29 is 28.3 Å². The van der Waals surface area contributed by atoms with E-state index < -0.39 is 0 Å². The van der Waals surface area contributed by atoms with Crippen LogP contribution in [0, 0.1) is 0 Å². The molecule has 0 bridgehead atoms. The van der Waals surface area contributed by atoms with E-state index in [0.29, 0.717) is 37.9 Å². The first-order valence-corrected chi connectivity index (χ1v) is 8.01. The number of hydrogen-bond donors (Lipinski definition) is 0. The molecule has 2 aromatic rings. The van der Waals surface area contributed by atoms with Gasteiger partial charge < -0.3 is 28.3 Å². The van der Waals surface area contributed by atoms with Gasteiger partial charge in [0.1, 0.15) is 36.2 Å². The third-order valence-corrected chi connectivity index (χ3v) is 3.21. The fourth-order valence-corrected chi connectivity index (χ4v) is 1.92. The van der Waals surface area contributed by atoms with Crippen LogP contribution in [0.25, 0.3) is 0 Å². The van der Waals surface area contributed by atoms with Gasteiger partial charge in [-0.15, -0.1) is 0 Å². The maximum atomic E-state index is 5.55. The molecule has 0 saturated heterocycles. The smallest absolute Gasteiger partial charge is 0.529 e. The minimum atomic E-state index is 0.119. The van der Waals surface area contributed by atoms with Crippen LogP contribution in [-0.4, -0.2) is 48.3 Å². The van der Waals surface area contributed by atoms with Gasteiger partial charge in [-0.3, -0.25) is 0 Å². The van der Waals surface area contributed by atoms with Crippen molar-refractivity contribution in [3.8, 4) is 23.0 Å². The van der Waals surface area contributed by atoms with E-state index in [1.807, 2.05) is 48.5 Å². The molecule has 0 fully saturated rings. The lowest BCUT2D eigenvalue weighted by molar-refractivity contribution is 0.146. The summed E-state index contributed by atoms with van der Waals surface area (Å²) in [6.07, 6.45) is 0. The highest BCUT2D eigenvalue weighted by atomic mass is 16.6. The average molecular weight is 346 g/mol. The molecule has 2 aromatic carbocycles. The molecule has 0 saturated carbocycles. The fraction of sp³-hybridized carbons (Fsp3) is 0.333. The second kappa shape index (κ2) is 11.2. The number of benzene rings is 2. The Hall–Kier alpha value is -2.38. The average Bonchev–Trinajstić information content (AvgIpc) is 2.65. The molecule has 0 aromatic heterocycles. The molecule has 0 heterocycles. The Morgan fingerprint density at radius 3 is 1.28 bits per heavy atom. The van der Waals surface area contributed by atoms with E-state index >= 15 is 0 Å². The van der Waals surface area contributed by atoms with Gasteiger partial charge in [0, 0.05) is 14.2 Å². The Kier molecular flexibility index (Phi) is 8.51. The van der Waals surface area contributed by atoms with Crippen molar-refractivity contribution in [3.63, 3.8) is 0 Å². The van der Waals surface area contributed by atoms with E-state index in [-0.39, 0.29) is 7.69 Å². The zero-order valence-corrected chi connectivity index (χ0v) is 14.6. The molecule has 134 valence electrons. The zero-order valence-electron chi connectivity index (χ0n) is 14.6. The SMILES string of the molecule is COCCOc1ccc(OBOc2ccc(OCCOC)cc2)cc1. The van der Waals surface area contributed by atoms with Gasteiger partial charge in [-0.2, -0.15) is 0 Å². The predicted octanol–water partition coefficient (Wildman–Crippen LogP) is 2.46. The van der Waals surface area contributed by atoms with E-state index in [4.69, 9.17) is 28.3 Å². The van der Waals surface area contributed by atoms with Crippen LogP contribution in [0.1, 0.15) is 0 Å². The molecular weight excluding hydrogens is 323 g/mol. The van der Waals surface area contributed by atoms with Gasteiger partial charge in [0.2, 0.25) is 0 Å². The highest BCUT2D eigenvalue weighted by Crippen LogP contribution is 2.19. The van der Waals surface area contributed by atoms with Gasteiger partial charge in [-0.25, -0.2) is 0 Å². The number of hydrogen-bond acceptors (Lipinski definition) is 6. The molecule has 0 unspecified atom stereocenters. The minimum absolute atomic E-state index is 0.119. The van der Waals surface area contributed by atoms with Crippen molar-refractivity contribution >= 4 is 7.69 Å².